The van der Waals surface area contributed by atoms with E-state index in [1.165, 1.54) is 24.7 Å². The molecule has 0 aliphatic heterocycles. The minimum Gasteiger partial charge on any atom is -0.469 e. The van der Waals surface area contributed by atoms with Crippen LogP contribution in [0.5, 0.6) is 0 Å². The highest BCUT2D eigenvalue weighted by atomic mass is 32.1. The molecule has 0 atom stereocenters. The monoisotopic (exact) mass is 416 g/mol. The Hall–Kier alpha value is -3.20. The van der Waals surface area contributed by atoms with Crippen LogP contribution in [0.2, 0.25) is 0 Å². The zero-order valence-electron chi connectivity index (χ0n) is 16.2. The van der Waals surface area contributed by atoms with Crippen molar-refractivity contribution in [1.29, 1.82) is 0 Å². The molecule has 0 saturated heterocycles. The Morgan fingerprint density at radius 2 is 1.97 bits per heavy atom. The Labute approximate surface area is 170 Å². The van der Waals surface area contributed by atoms with Gasteiger partial charge in [-0.2, -0.15) is 0 Å². The van der Waals surface area contributed by atoms with Gasteiger partial charge in [0.2, 0.25) is 0 Å². The molecule has 0 bridgehead atoms. The van der Waals surface area contributed by atoms with Gasteiger partial charge in [-0.25, -0.2) is 4.98 Å². The van der Waals surface area contributed by atoms with E-state index in [-0.39, 0.29) is 12.8 Å². The number of carbonyl (C=O) groups excluding carboxylic acids is 3. The van der Waals surface area contributed by atoms with Crippen molar-refractivity contribution in [2.45, 2.75) is 26.7 Å². The molecule has 152 valence electrons. The molecule has 3 aromatic rings. The number of rotatable bonds is 7. The Morgan fingerprint density at radius 3 is 2.72 bits per heavy atom. The highest BCUT2D eigenvalue weighted by Gasteiger charge is 2.15. The van der Waals surface area contributed by atoms with Crippen LogP contribution in [0.15, 0.2) is 28.2 Å². The maximum atomic E-state index is 12.1. The zero-order valence-corrected chi connectivity index (χ0v) is 17.1. The van der Waals surface area contributed by atoms with Crippen LogP contribution >= 0.6 is 11.3 Å². The topological polar surface area (TPSA) is 108 Å². The van der Waals surface area contributed by atoms with Crippen LogP contribution in [0.25, 0.3) is 11.0 Å². The van der Waals surface area contributed by atoms with Gasteiger partial charge in [0.05, 0.1) is 31.9 Å². The highest BCUT2D eigenvalue weighted by Crippen LogP contribution is 2.27. The second-order valence-corrected chi connectivity index (χ2v) is 7.29. The number of ether oxygens (including phenoxy) is 2. The van der Waals surface area contributed by atoms with Gasteiger partial charge in [-0.15, -0.1) is 11.3 Å². The summed E-state index contributed by atoms with van der Waals surface area (Å²) in [6.45, 7) is 3.52. The molecule has 1 amide bonds. The smallest absolute Gasteiger partial charge is 0.311 e. The summed E-state index contributed by atoms with van der Waals surface area (Å²) in [5.74, 6) is -1.47. The number of furan rings is 1. The molecule has 0 unspecified atom stereocenters. The Kier molecular flexibility index (Phi) is 6.28. The number of aromatic nitrogens is 1. The van der Waals surface area contributed by atoms with E-state index in [2.05, 4.69) is 15.0 Å². The normalized spacial score (nSPS) is 10.7. The minimum absolute atomic E-state index is 0.00328. The van der Waals surface area contributed by atoms with E-state index in [1.54, 1.807) is 5.38 Å². The van der Waals surface area contributed by atoms with Crippen LogP contribution in [0.1, 0.15) is 22.4 Å². The lowest BCUT2D eigenvalue weighted by Crippen LogP contribution is -2.21. The van der Waals surface area contributed by atoms with E-state index in [1.807, 2.05) is 26.0 Å². The van der Waals surface area contributed by atoms with Crippen LogP contribution < -0.4 is 5.32 Å². The van der Waals surface area contributed by atoms with Gasteiger partial charge in [-0.3, -0.25) is 19.7 Å². The Morgan fingerprint density at radius 1 is 1.17 bits per heavy atom. The van der Waals surface area contributed by atoms with Crippen molar-refractivity contribution in [3.63, 3.8) is 0 Å². The largest absolute Gasteiger partial charge is 0.469 e. The van der Waals surface area contributed by atoms with E-state index < -0.39 is 24.5 Å². The van der Waals surface area contributed by atoms with Crippen molar-refractivity contribution in [2.75, 3.05) is 19.0 Å². The zero-order chi connectivity index (χ0) is 21.0. The first-order valence-electron chi connectivity index (χ1n) is 8.80. The number of aryl methyl sites for hydroxylation is 2. The molecule has 1 aromatic carbocycles. The number of nitrogens with zero attached hydrogens (tertiary/aromatic N) is 1. The molecule has 0 fully saturated rings. The summed E-state index contributed by atoms with van der Waals surface area (Å²) in [6.07, 6.45) is 1.57. The van der Waals surface area contributed by atoms with Gasteiger partial charge in [0.25, 0.3) is 5.91 Å². The molecular weight excluding hydrogens is 396 g/mol. The molecule has 0 aliphatic rings. The third kappa shape index (κ3) is 5.00. The lowest BCUT2D eigenvalue weighted by Gasteiger charge is -2.04. The van der Waals surface area contributed by atoms with Gasteiger partial charge in [0.1, 0.15) is 5.58 Å². The third-order valence-electron chi connectivity index (χ3n) is 4.39. The number of nitrogens with one attached hydrogen (secondary N) is 1. The predicted molar refractivity (Wildman–Crippen MR) is 107 cm³/mol. The maximum absolute atomic E-state index is 12.1. The van der Waals surface area contributed by atoms with Crippen LogP contribution in [0.3, 0.4) is 0 Å². The highest BCUT2D eigenvalue weighted by molar-refractivity contribution is 7.13. The summed E-state index contributed by atoms with van der Waals surface area (Å²) in [7, 11) is 1.29. The Bertz CT molecular complexity index is 1070. The van der Waals surface area contributed by atoms with Crippen LogP contribution in [0.4, 0.5) is 5.13 Å². The lowest BCUT2D eigenvalue weighted by atomic mass is 10.0. The summed E-state index contributed by atoms with van der Waals surface area (Å²) >= 11 is 1.17. The molecule has 0 aliphatic carbocycles. The van der Waals surface area contributed by atoms with Gasteiger partial charge in [-0.05, 0) is 25.0 Å². The molecule has 0 radical (unpaired) electrons. The number of benzene rings is 1. The number of fused-ring (bicyclic) bond motifs is 1. The number of hydrogen-bond donors (Lipinski definition) is 1. The Balaban J connectivity index is 1.51. The van der Waals surface area contributed by atoms with E-state index in [4.69, 9.17) is 9.15 Å². The van der Waals surface area contributed by atoms with E-state index >= 15 is 0 Å². The minimum atomic E-state index is -0.536. The van der Waals surface area contributed by atoms with Crippen LogP contribution in [0, 0.1) is 13.8 Å². The number of esters is 2. The van der Waals surface area contributed by atoms with Crippen molar-refractivity contribution in [2.24, 2.45) is 0 Å². The number of methoxy groups -OCH3 is 1. The fraction of sp³-hybridized carbons (Fsp3) is 0.300. The first-order valence-corrected chi connectivity index (χ1v) is 9.68. The molecule has 8 nitrogen and oxygen atoms in total. The predicted octanol–water partition coefficient (Wildman–Crippen LogP) is 2.95. The summed E-state index contributed by atoms with van der Waals surface area (Å²) in [4.78, 5) is 39.4. The summed E-state index contributed by atoms with van der Waals surface area (Å²) in [6, 6.07) is 3.88. The first-order chi connectivity index (χ1) is 13.9. The average molecular weight is 416 g/mol. The standard InChI is InChI=1S/C20H20N2O6S/c1-11-4-5-15-13(8-28-19(15)12(11)2)6-18(25)27-9-16(23)22-20-21-14(10-29-20)7-17(24)26-3/h4-5,8,10H,6-7,9H2,1-3H3,(H,21,22,23). The van der Waals surface area contributed by atoms with Crippen LogP contribution in [-0.4, -0.2) is 36.5 Å². The first kappa shape index (κ1) is 20.5. The molecule has 1 N–H and O–H groups in total. The molecular formula is C20H20N2O6S. The number of amides is 1. The van der Waals surface area contributed by atoms with E-state index in [0.29, 0.717) is 16.4 Å². The number of anilines is 1. The maximum Gasteiger partial charge on any atom is 0.311 e. The lowest BCUT2D eigenvalue weighted by molar-refractivity contribution is -0.146. The van der Waals surface area contributed by atoms with Crippen LogP contribution in [-0.2, 0) is 36.7 Å². The molecule has 0 saturated carbocycles. The van der Waals surface area contributed by atoms with Crippen molar-refractivity contribution >= 4 is 45.3 Å². The van der Waals surface area contributed by atoms with Crippen molar-refractivity contribution in [3.8, 4) is 0 Å². The summed E-state index contributed by atoms with van der Waals surface area (Å²) < 4.78 is 15.2. The molecule has 2 aromatic heterocycles. The van der Waals surface area contributed by atoms with E-state index in [0.717, 1.165) is 22.1 Å². The second kappa shape index (κ2) is 8.87. The summed E-state index contributed by atoms with van der Waals surface area (Å²) in [5.41, 5.74) is 4.08. The fourth-order valence-corrected chi connectivity index (χ4v) is 3.43. The van der Waals surface area contributed by atoms with Crippen molar-refractivity contribution in [3.05, 3.63) is 46.2 Å². The van der Waals surface area contributed by atoms with E-state index in [9.17, 15) is 14.4 Å². The quantitative estimate of drug-likeness (QED) is 0.590. The summed E-state index contributed by atoms with van der Waals surface area (Å²) in [5, 5.41) is 5.35. The molecule has 29 heavy (non-hydrogen) atoms. The van der Waals surface area contributed by atoms with Crippen molar-refractivity contribution in [1.82, 2.24) is 4.98 Å². The SMILES string of the molecule is COC(=O)Cc1csc(NC(=O)COC(=O)Cc2coc3c(C)c(C)ccc23)n1. The molecule has 0 spiro atoms. The number of carbonyl (C=O) groups is 3. The molecule has 3 rings (SSSR count). The molecule has 2 heterocycles. The number of hydrogen-bond acceptors (Lipinski definition) is 8. The molecule has 9 heteroatoms. The van der Waals surface area contributed by atoms with Gasteiger partial charge >= 0.3 is 11.9 Å². The third-order valence-corrected chi connectivity index (χ3v) is 5.20. The fourth-order valence-electron chi connectivity index (χ4n) is 2.70. The average Bonchev–Trinajstić information content (AvgIpc) is 3.30. The van der Waals surface area contributed by atoms with Gasteiger partial charge in [0, 0.05) is 16.3 Å². The van der Waals surface area contributed by atoms with Crippen molar-refractivity contribution < 1.29 is 28.3 Å². The van der Waals surface area contributed by atoms with Gasteiger partial charge < -0.3 is 13.9 Å². The second-order valence-electron chi connectivity index (χ2n) is 6.43. The number of thiazole rings is 1. The van der Waals surface area contributed by atoms with Gasteiger partial charge in [0.15, 0.2) is 11.7 Å². The van der Waals surface area contributed by atoms with Gasteiger partial charge in [-0.1, -0.05) is 12.1 Å².